The lowest BCUT2D eigenvalue weighted by molar-refractivity contribution is -0.121. The van der Waals surface area contributed by atoms with E-state index in [1.54, 1.807) is 4.90 Å². The van der Waals surface area contributed by atoms with Crippen LogP contribution in [0.15, 0.2) is 53.5 Å². The summed E-state index contributed by atoms with van der Waals surface area (Å²) in [7, 11) is 0. The number of fused-ring (bicyclic) bond motifs is 1. The number of benzene rings is 2. The van der Waals surface area contributed by atoms with E-state index in [1.807, 2.05) is 24.3 Å². The van der Waals surface area contributed by atoms with Crippen molar-refractivity contribution in [2.75, 3.05) is 31.1 Å². The molecular weight excluding hydrogens is 364 g/mol. The SMILES string of the molecule is CCNC(=NCCCN1C(=O)COc2ccccc21)NC(C)c1ccccc1C. The summed E-state index contributed by atoms with van der Waals surface area (Å²) >= 11 is 0. The van der Waals surface area contributed by atoms with Gasteiger partial charge >= 0.3 is 0 Å². The van der Waals surface area contributed by atoms with Crippen LogP contribution in [-0.2, 0) is 4.79 Å². The number of amides is 1. The maximum Gasteiger partial charge on any atom is 0.265 e. The highest BCUT2D eigenvalue weighted by atomic mass is 16.5. The van der Waals surface area contributed by atoms with E-state index in [4.69, 9.17) is 9.73 Å². The number of aryl methyl sites for hydroxylation is 1. The first kappa shape index (κ1) is 20.7. The van der Waals surface area contributed by atoms with E-state index in [9.17, 15) is 4.79 Å². The minimum atomic E-state index is -0.00844. The van der Waals surface area contributed by atoms with Crippen LogP contribution in [-0.4, -0.2) is 38.1 Å². The molecule has 2 aromatic carbocycles. The van der Waals surface area contributed by atoms with Gasteiger partial charge in [-0.1, -0.05) is 36.4 Å². The maximum absolute atomic E-state index is 12.3. The molecule has 0 aromatic heterocycles. The van der Waals surface area contributed by atoms with Crippen LogP contribution in [0.25, 0.3) is 0 Å². The number of hydrogen-bond donors (Lipinski definition) is 2. The third-order valence-electron chi connectivity index (χ3n) is 4.97. The second-order valence-corrected chi connectivity index (χ2v) is 7.14. The van der Waals surface area contributed by atoms with Crippen molar-refractivity contribution in [3.05, 3.63) is 59.7 Å². The van der Waals surface area contributed by atoms with Crippen LogP contribution < -0.4 is 20.3 Å². The van der Waals surface area contributed by atoms with Crippen molar-refractivity contribution >= 4 is 17.6 Å². The fourth-order valence-electron chi connectivity index (χ4n) is 3.49. The fraction of sp³-hybridized carbons (Fsp3) is 0.391. The lowest BCUT2D eigenvalue weighted by Gasteiger charge is -2.29. The van der Waals surface area contributed by atoms with Gasteiger partial charge in [0.15, 0.2) is 12.6 Å². The number of ether oxygens (including phenoxy) is 1. The molecular formula is C23H30N4O2. The highest BCUT2D eigenvalue weighted by Gasteiger charge is 2.24. The Morgan fingerprint density at radius 2 is 1.97 bits per heavy atom. The number of guanidine groups is 1. The molecule has 1 aliphatic heterocycles. The third kappa shape index (κ3) is 5.28. The van der Waals surface area contributed by atoms with Crippen LogP contribution in [0.3, 0.4) is 0 Å². The monoisotopic (exact) mass is 394 g/mol. The van der Waals surface area contributed by atoms with E-state index < -0.39 is 0 Å². The Morgan fingerprint density at radius 1 is 1.21 bits per heavy atom. The van der Waals surface area contributed by atoms with Crippen molar-refractivity contribution in [1.82, 2.24) is 10.6 Å². The zero-order valence-corrected chi connectivity index (χ0v) is 17.4. The van der Waals surface area contributed by atoms with Crippen LogP contribution in [0.1, 0.15) is 37.4 Å². The Bertz CT molecular complexity index is 865. The summed E-state index contributed by atoms with van der Waals surface area (Å²) in [4.78, 5) is 18.8. The summed E-state index contributed by atoms with van der Waals surface area (Å²) in [6, 6.07) is 16.2. The summed E-state index contributed by atoms with van der Waals surface area (Å²) in [5.41, 5.74) is 3.35. The maximum atomic E-state index is 12.3. The lowest BCUT2D eigenvalue weighted by atomic mass is 10.0. The molecule has 0 spiro atoms. The van der Waals surface area contributed by atoms with Crippen LogP contribution in [0, 0.1) is 6.92 Å². The van der Waals surface area contributed by atoms with Gasteiger partial charge in [-0.05, 0) is 50.5 Å². The number of aliphatic imine (C=N–C) groups is 1. The van der Waals surface area contributed by atoms with Gasteiger partial charge in [0.1, 0.15) is 5.75 Å². The van der Waals surface area contributed by atoms with Crippen molar-refractivity contribution in [3.63, 3.8) is 0 Å². The molecule has 1 amide bonds. The molecule has 29 heavy (non-hydrogen) atoms. The summed E-state index contributed by atoms with van der Waals surface area (Å²) in [6.07, 6.45) is 0.773. The second-order valence-electron chi connectivity index (χ2n) is 7.14. The summed E-state index contributed by atoms with van der Waals surface area (Å²) in [5, 5.41) is 6.78. The van der Waals surface area contributed by atoms with Gasteiger partial charge in [0.25, 0.3) is 5.91 Å². The molecule has 6 heteroatoms. The van der Waals surface area contributed by atoms with E-state index in [1.165, 1.54) is 11.1 Å². The zero-order chi connectivity index (χ0) is 20.6. The van der Waals surface area contributed by atoms with Crippen molar-refractivity contribution < 1.29 is 9.53 Å². The van der Waals surface area contributed by atoms with Crippen LogP contribution in [0.5, 0.6) is 5.75 Å². The normalized spacial score (nSPS) is 14.8. The minimum absolute atomic E-state index is 0.00844. The van der Waals surface area contributed by atoms with Gasteiger partial charge in [0.05, 0.1) is 11.7 Å². The predicted octanol–water partition coefficient (Wildman–Crippen LogP) is 3.43. The molecule has 3 rings (SSSR count). The molecule has 0 aliphatic carbocycles. The Hall–Kier alpha value is -3.02. The van der Waals surface area contributed by atoms with Crippen LogP contribution >= 0.6 is 0 Å². The Balaban J connectivity index is 1.58. The highest BCUT2D eigenvalue weighted by molar-refractivity contribution is 5.97. The van der Waals surface area contributed by atoms with Crippen LogP contribution in [0.2, 0.25) is 0 Å². The Morgan fingerprint density at radius 3 is 2.76 bits per heavy atom. The number of para-hydroxylation sites is 2. The molecule has 6 nitrogen and oxygen atoms in total. The smallest absolute Gasteiger partial charge is 0.265 e. The van der Waals surface area contributed by atoms with Gasteiger partial charge in [-0.3, -0.25) is 9.79 Å². The van der Waals surface area contributed by atoms with Gasteiger partial charge in [-0.25, -0.2) is 0 Å². The number of carbonyl (C=O) groups excluding carboxylic acids is 1. The Kier molecular flexibility index (Phi) is 7.11. The average Bonchev–Trinajstić information content (AvgIpc) is 2.72. The number of anilines is 1. The van der Waals surface area contributed by atoms with Crippen molar-refractivity contribution in [3.8, 4) is 5.75 Å². The molecule has 2 aromatic rings. The lowest BCUT2D eigenvalue weighted by Crippen LogP contribution is -2.40. The highest BCUT2D eigenvalue weighted by Crippen LogP contribution is 2.31. The fourth-order valence-corrected chi connectivity index (χ4v) is 3.49. The molecule has 0 radical (unpaired) electrons. The number of hydrogen-bond acceptors (Lipinski definition) is 3. The molecule has 0 saturated heterocycles. The minimum Gasteiger partial charge on any atom is -0.482 e. The second kappa shape index (κ2) is 9.96. The Labute approximate surface area is 173 Å². The van der Waals surface area contributed by atoms with E-state index in [2.05, 4.69) is 55.7 Å². The van der Waals surface area contributed by atoms with Gasteiger partial charge in [0, 0.05) is 19.6 Å². The van der Waals surface area contributed by atoms with Crippen molar-refractivity contribution in [2.24, 2.45) is 4.99 Å². The summed E-state index contributed by atoms with van der Waals surface area (Å²) < 4.78 is 5.50. The van der Waals surface area contributed by atoms with E-state index in [0.29, 0.717) is 13.1 Å². The van der Waals surface area contributed by atoms with Gasteiger partial charge in [-0.2, -0.15) is 0 Å². The molecule has 1 atom stereocenters. The molecule has 1 unspecified atom stereocenters. The quantitative estimate of drug-likeness (QED) is 0.429. The first-order valence-corrected chi connectivity index (χ1v) is 10.2. The standard InChI is InChI=1S/C23H30N4O2/c1-4-24-23(26-18(3)19-11-6-5-10-17(19)2)25-14-9-15-27-20-12-7-8-13-21(20)29-16-22(27)28/h5-8,10-13,18H,4,9,14-16H2,1-3H3,(H2,24,25,26). The van der Waals surface area contributed by atoms with Crippen molar-refractivity contribution in [2.45, 2.75) is 33.2 Å². The summed E-state index contributed by atoms with van der Waals surface area (Å²) in [6.45, 7) is 8.45. The largest absolute Gasteiger partial charge is 0.482 e. The molecule has 154 valence electrons. The number of carbonyl (C=O) groups is 1. The third-order valence-corrected chi connectivity index (χ3v) is 4.97. The van der Waals surface area contributed by atoms with Gasteiger partial charge in [0.2, 0.25) is 0 Å². The van der Waals surface area contributed by atoms with Crippen LogP contribution in [0.4, 0.5) is 5.69 Å². The zero-order valence-electron chi connectivity index (χ0n) is 17.4. The molecule has 1 aliphatic rings. The summed E-state index contributed by atoms with van der Waals surface area (Å²) in [5.74, 6) is 1.54. The predicted molar refractivity (Wildman–Crippen MR) is 118 cm³/mol. The molecule has 0 bridgehead atoms. The number of nitrogens with one attached hydrogen (secondary N) is 2. The molecule has 0 fully saturated rings. The molecule has 2 N–H and O–H groups in total. The number of nitrogens with zero attached hydrogens (tertiary/aromatic N) is 2. The first-order valence-electron chi connectivity index (χ1n) is 10.2. The average molecular weight is 395 g/mol. The molecule has 0 saturated carbocycles. The van der Waals surface area contributed by atoms with E-state index in [-0.39, 0.29) is 18.6 Å². The van der Waals surface area contributed by atoms with Gasteiger partial charge < -0.3 is 20.3 Å². The van der Waals surface area contributed by atoms with E-state index >= 15 is 0 Å². The topological polar surface area (TPSA) is 66.0 Å². The van der Waals surface area contributed by atoms with Gasteiger partial charge in [-0.15, -0.1) is 0 Å². The first-order chi connectivity index (χ1) is 14.1. The molecule has 1 heterocycles. The van der Waals surface area contributed by atoms with Crippen molar-refractivity contribution in [1.29, 1.82) is 0 Å². The van der Waals surface area contributed by atoms with E-state index in [0.717, 1.165) is 30.4 Å². The number of rotatable bonds is 7.